The number of anilines is 1. The topological polar surface area (TPSA) is 98.3 Å². The van der Waals surface area contributed by atoms with Gasteiger partial charge in [-0.2, -0.15) is 0 Å². The number of carbonyl (C=O) groups excluding carboxylic acids is 1. The zero-order valence-electron chi connectivity index (χ0n) is 10.6. The molecule has 104 valence electrons. The molecule has 19 heavy (non-hydrogen) atoms. The molecular formula is C12H16BrN3O3. The summed E-state index contributed by atoms with van der Waals surface area (Å²) in [6.45, 7) is 2.35. The highest BCUT2D eigenvalue weighted by Gasteiger charge is 2.16. The lowest BCUT2D eigenvalue weighted by atomic mass is 10.0. The maximum Gasteiger partial charge on any atom is 0.285 e. The molecule has 0 aliphatic carbocycles. The first-order valence-electron chi connectivity index (χ1n) is 5.90. The monoisotopic (exact) mass is 329 g/mol. The highest BCUT2D eigenvalue weighted by molar-refractivity contribution is 9.10. The first kappa shape index (κ1) is 15.6. The van der Waals surface area contributed by atoms with Gasteiger partial charge >= 0.3 is 0 Å². The fourth-order valence-electron chi connectivity index (χ4n) is 1.55. The number of nitrogens with zero attached hydrogens (tertiary/aromatic N) is 1. The molecule has 1 aromatic carbocycles. The second kappa shape index (κ2) is 7.20. The van der Waals surface area contributed by atoms with E-state index in [1.54, 1.807) is 13.0 Å². The van der Waals surface area contributed by atoms with Crippen LogP contribution in [0.5, 0.6) is 0 Å². The summed E-state index contributed by atoms with van der Waals surface area (Å²) in [6.07, 6.45) is 1.47. The molecule has 0 saturated carbocycles. The molecule has 1 atom stereocenters. The van der Waals surface area contributed by atoms with Crippen molar-refractivity contribution < 1.29 is 9.72 Å². The van der Waals surface area contributed by atoms with Gasteiger partial charge in [0.1, 0.15) is 0 Å². The van der Waals surface area contributed by atoms with Crippen LogP contribution >= 0.6 is 15.9 Å². The molecular weight excluding hydrogens is 314 g/mol. The van der Waals surface area contributed by atoms with Gasteiger partial charge in [0.05, 0.1) is 9.40 Å². The minimum absolute atomic E-state index is 0.0765. The quantitative estimate of drug-likeness (QED) is 0.619. The van der Waals surface area contributed by atoms with Gasteiger partial charge in [-0.15, -0.1) is 0 Å². The van der Waals surface area contributed by atoms with Gasteiger partial charge in [0, 0.05) is 17.7 Å². The van der Waals surface area contributed by atoms with Gasteiger partial charge in [0.15, 0.2) is 0 Å². The van der Waals surface area contributed by atoms with Crippen LogP contribution < -0.4 is 11.1 Å². The third-order valence-electron chi connectivity index (χ3n) is 2.70. The average Bonchev–Trinajstić information content (AvgIpc) is 2.37. The van der Waals surface area contributed by atoms with Crippen molar-refractivity contribution in [2.75, 3.05) is 11.9 Å². The van der Waals surface area contributed by atoms with E-state index in [4.69, 9.17) is 5.73 Å². The Kier molecular flexibility index (Phi) is 5.91. The van der Waals surface area contributed by atoms with Crippen LogP contribution in [0.25, 0.3) is 0 Å². The van der Waals surface area contributed by atoms with Crippen molar-refractivity contribution in [3.05, 3.63) is 32.8 Å². The van der Waals surface area contributed by atoms with Gasteiger partial charge < -0.3 is 11.1 Å². The summed E-state index contributed by atoms with van der Waals surface area (Å²) in [5.74, 6) is -0.337. The molecule has 1 amide bonds. The van der Waals surface area contributed by atoms with Gasteiger partial charge in [0.2, 0.25) is 5.91 Å². The first-order chi connectivity index (χ1) is 8.95. The van der Waals surface area contributed by atoms with Crippen molar-refractivity contribution in [3.63, 3.8) is 0 Å². The van der Waals surface area contributed by atoms with Gasteiger partial charge in [-0.1, -0.05) is 6.92 Å². The molecule has 0 radical (unpaired) electrons. The molecule has 0 bridgehead atoms. The summed E-state index contributed by atoms with van der Waals surface area (Å²) in [7, 11) is 0. The normalized spacial score (nSPS) is 11.9. The Balaban J connectivity index is 2.74. The van der Waals surface area contributed by atoms with Crippen molar-refractivity contribution >= 4 is 33.2 Å². The highest BCUT2D eigenvalue weighted by Crippen LogP contribution is 2.28. The molecule has 7 heteroatoms. The number of amides is 1. The number of benzene rings is 1. The van der Waals surface area contributed by atoms with E-state index in [-0.39, 0.29) is 17.5 Å². The predicted molar refractivity (Wildman–Crippen MR) is 76.9 cm³/mol. The smallest absolute Gasteiger partial charge is 0.285 e. The summed E-state index contributed by atoms with van der Waals surface area (Å²) >= 11 is 3.09. The SMILES string of the molecule is CC(CCCN)C(=O)Nc1ccc(Br)c([N+](=O)[O-])c1. The molecule has 3 N–H and O–H groups in total. The third kappa shape index (κ3) is 4.60. The molecule has 1 rings (SSSR count). The molecule has 6 nitrogen and oxygen atoms in total. The molecule has 1 unspecified atom stereocenters. The van der Waals surface area contributed by atoms with E-state index in [1.165, 1.54) is 12.1 Å². The Morgan fingerprint density at radius 3 is 2.84 bits per heavy atom. The van der Waals surface area contributed by atoms with Gasteiger partial charge in [-0.3, -0.25) is 14.9 Å². The van der Waals surface area contributed by atoms with E-state index in [9.17, 15) is 14.9 Å². The number of hydrogen-bond donors (Lipinski definition) is 2. The van der Waals surface area contributed by atoms with Crippen molar-refractivity contribution in [2.24, 2.45) is 11.7 Å². The van der Waals surface area contributed by atoms with Gasteiger partial charge in [-0.05, 0) is 47.4 Å². The Hall–Kier alpha value is -1.47. The van der Waals surface area contributed by atoms with Crippen LogP contribution in [-0.2, 0) is 4.79 Å². The number of nitro benzene ring substituents is 1. The predicted octanol–water partition coefficient (Wildman–Crippen LogP) is 2.67. The minimum Gasteiger partial charge on any atom is -0.330 e. The standard InChI is InChI=1S/C12H16BrN3O3/c1-8(3-2-6-14)12(17)15-9-4-5-10(13)11(7-9)16(18)19/h4-5,7-8H,2-3,6,14H2,1H3,(H,15,17). The summed E-state index contributed by atoms with van der Waals surface area (Å²) < 4.78 is 0.381. The maximum absolute atomic E-state index is 11.9. The van der Waals surface area contributed by atoms with Gasteiger partial charge in [-0.25, -0.2) is 0 Å². The van der Waals surface area contributed by atoms with Crippen LogP contribution in [0.2, 0.25) is 0 Å². The van der Waals surface area contributed by atoms with Crippen LogP contribution in [0.4, 0.5) is 11.4 Å². The fourth-order valence-corrected chi connectivity index (χ4v) is 1.94. The summed E-state index contributed by atoms with van der Waals surface area (Å²) in [4.78, 5) is 22.1. The number of nitro groups is 1. The van der Waals surface area contributed by atoms with E-state index in [1.807, 2.05) is 0 Å². The highest BCUT2D eigenvalue weighted by atomic mass is 79.9. The summed E-state index contributed by atoms with van der Waals surface area (Å²) in [5.41, 5.74) is 5.73. The van der Waals surface area contributed by atoms with Crippen LogP contribution in [0.15, 0.2) is 22.7 Å². The van der Waals surface area contributed by atoms with E-state index in [0.29, 0.717) is 23.1 Å². The molecule has 1 aromatic rings. The number of carbonyl (C=O) groups is 1. The number of halogens is 1. The van der Waals surface area contributed by atoms with E-state index >= 15 is 0 Å². The van der Waals surface area contributed by atoms with Crippen LogP contribution in [0.3, 0.4) is 0 Å². The largest absolute Gasteiger partial charge is 0.330 e. The number of nitrogens with two attached hydrogens (primary N) is 1. The fraction of sp³-hybridized carbons (Fsp3) is 0.417. The Morgan fingerprint density at radius 2 is 2.26 bits per heavy atom. The summed E-state index contributed by atoms with van der Waals surface area (Å²) in [5, 5.41) is 13.5. The zero-order valence-corrected chi connectivity index (χ0v) is 12.1. The van der Waals surface area contributed by atoms with Crippen LogP contribution in [-0.4, -0.2) is 17.4 Å². The average molecular weight is 330 g/mol. The molecule has 0 aliphatic heterocycles. The summed E-state index contributed by atoms with van der Waals surface area (Å²) in [6, 6.07) is 4.49. The Morgan fingerprint density at radius 1 is 1.58 bits per heavy atom. The second-order valence-electron chi connectivity index (χ2n) is 4.24. The van der Waals surface area contributed by atoms with Crippen molar-refractivity contribution in [1.82, 2.24) is 0 Å². The molecule has 0 aromatic heterocycles. The van der Waals surface area contributed by atoms with E-state index < -0.39 is 4.92 Å². The third-order valence-corrected chi connectivity index (χ3v) is 3.37. The molecule has 0 heterocycles. The zero-order chi connectivity index (χ0) is 14.4. The lowest BCUT2D eigenvalue weighted by Crippen LogP contribution is -2.21. The number of rotatable bonds is 6. The molecule has 0 saturated heterocycles. The Labute approximate surface area is 119 Å². The van der Waals surface area contributed by atoms with Gasteiger partial charge in [0.25, 0.3) is 5.69 Å². The molecule has 0 spiro atoms. The lowest BCUT2D eigenvalue weighted by Gasteiger charge is -2.11. The second-order valence-corrected chi connectivity index (χ2v) is 5.10. The Bertz CT molecular complexity index is 479. The van der Waals surface area contributed by atoms with Crippen molar-refractivity contribution in [3.8, 4) is 0 Å². The maximum atomic E-state index is 11.9. The molecule has 0 aliphatic rings. The van der Waals surface area contributed by atoms with Crippen molar-refractivity contribution in [2.45, 2.75) is 19.8 Å². The lowest BCUT2D eigenvalue weighted by molar-refractivity contribution is -0.385. The molecule has 0 fully saturated rings. The number of hydrogen-bond acceptors (Lipinski definition) is 4. The number of nitrogens with one attached hydrogen (secondary N) is 1. The van der Waals surface area contributed by atoms with Crippen LogP contribution in [0, 0.1) is 16.0 Å². The van der Waals surface area contributed by atoms with Crippen molar-refractivity contribution in [1.29, 1.82) is 0 Å². The minimum atomic E-state index is -0.502. The van der Waals surface area contributed by atoms with E-state index in [2.05, 4.69) is 21.2 Å². The van der Waals surface area contributed by atoms with Crippen LogP contribution in [0.1, 0.15) is 19.8 Å². The first-order valence-corrected chi connectivity index (χ1v) is 6.70. The van der Waals surface area contributed by atoms with E-state index in [0.717, 1.165) is 6.42 Å².